The zero-order chi connectivity index (χ0) is 13.8. The lowest BCUT2D eigenvalue weighted by Crippen LogP contribution is -1.98. The molecule has 0 aliphatic rings. The number of aromatic nitrogens is 1. The summed E-state index contributed by atoms with van der Waals surface area (Å²) in [4.78, 5) is 11.0. The molecule has 0 aliphatic heterocycles. The van der Waals surface area contributed by atoms with Gasteiger partial charge in [0.25, 0.3) is 0 Å². The Bertz CT molecular complexity index is 587. The summed E-state index contributed by atoms with van der Waals surface area (Å²) in [5.74, 6) is -0.346. The molecule has 2 aromatic rings. The Balaban J connectivity index is 2.24. The number of aryl methyl sites for hydroxylation is 2. The van der Waals surface area contributed by atoms with E-state index in [0.29, 0.717) is 0 Å². The third kappa shape index (κ3) is 2.94. The fourth-order valence-electron chi connectivity index (χ4n) is 2.04. The van der Waals surface area contributed by atoms with E-state index >= 15 is 0 Å². The Labute approximate surface area is 113 Å². The van der Waals surface area contributed by atoms with Crippen molar-refractivity contribution in [2.45, 2.75) is 13.8 Å². The third-order valence-electron chi connectivity index (χ3n) is 3.04. The smallest absolute Gasteiger partial charge is 0.330 e. The number of hydrogen-bond acceptors (Lipinski definition) is 2. The van der Waals surface area contributed by atoms with Gasteiger partial charge >= 0.3 is 5.97 Å². The molecule has 0 bridgehead atoms. The van der Waals surface area contributed by atoms with Gasteiger partial charge in [0.15, 0.2) is 0 Å². The highest BCUT2D eigenvalue weighted by Gasteiger charge is 2.03. The molecule has 0 aliphatic carbocycles. The van der Waals surface area contributed by atoms with Crippen molar-refractivity contribution in [3.05, 3.63) is 59.4 Å². The molecule has 1 aromatic heterocycles. The summed E-state index contributed by atoms with van der Waals surface area (Å²) < 4.78 is 6.74. The molecule has 0 atom stereocenters. The van der Waals surface area contributed by atoms with Gasteiger partial charge in [-0.15, -0.1) is 0 Å². The van der Waals surface area contributed by atoms with Gasteiger partial charge in [-0.1, -0.05) is 12.1 Å². The second-order valence-electron chi connectivity index (χ2n) is 4.40. The highest BCUT2D eigenvalue weighted by molar-refractivity contribution is 5.86. The Morgan fingerprint density at radius 3 is 2.16 bits per heavy atom. The first-order chi connectivity index (χ1) is 9.11. The summed E-state index contributed by atoms with van der Waals surface area (Å²) in [6.45, 7) is 4.16. The van der Waals surface area contributed by atoms with Crippen LogP contribution in [0.4, 0.5) is 0 Å². The molecule has 98 valence electrons. The average molecular weight is 255 g/mol. The maximum atomic E-state index is 11.0. The summed E-state index contributed by atoms with van der Waals surface area (Å²) in [5, 5.41) is 0. The molecule has 0 amide bonds. The van der Waals surface area contributed by atoms with Crippen LogP contribution in [0.3, 0.4) is 0 Å². The summed E-state index contributed by atoms with van der Waals surface area (Å²) in [7, 11) is 1.37. The highest BCUT2D eigenvalue weighted by atomic mass is 16.5. The minimum atomic E-state index is -0.346. The molecular formula is C16H17NO2. The fourth-order valence-corrected chi connectivity index (χ4v) is 2.04. The van der Waals surface area contributed by atoms with Gasteiger partial charge in [0.05, 0.1) is 7.11 Å². The number of benzene rings is 1. The number of carbonyl (C=O) groups is 1. The van der Waals surface area contributed by atoms with Gasteiger partial charge in [-0.25, -0.2) is 4.79 Å². The van der Waals surface area contributed by atoms with Crippen molar-refractivity contribution in [2.24, 2.45) is 0 Å². The summed E-state index contributed by atoms with van der Waals surface area (Å²) in [5.41, 5.74) is 4.50. The normalized spacial score (nSPS) is 10.9. The van der Waals surface area contributed by atoms with Gasteiger partial charge in [0, 0.05) is 23.2 Å². The van der Waals surface area contributed by atoms with Gasteiger partial charge in [0.1, 0.15) is 0 Å². The molecular weight excluding hydrogens is 238 g/mol. The molecule has 0 unspecified atom stereocenters. The molecule has 0 N–H and O–H groups in total. The van der Waals surface area contributed by atoms with Crippen molar-refractivity contribution >= 4 is 12.0 Å². The van der Waals surface area contributed by atoms with E-state index in [-0.39, 0.29) is 5.97 Å². The lowest BCUT2D eigenvalue weighted by molar-refractivity contribution is -0.134. The number of esters is 1. The van der Waals surface area contributed by atoms with Crippen LogP contribution in [0.1, 0.15) is 17.0 Å². The first-order valence-corrected chi connectivity index (χ1v) is 6.13. The molecule has 0 spiro atoms. The monoisotopic (exact) mass is 255 g/mol. The highest BCUT2D eigenvalue weighted by Crippen LogP contribution is 2.17. The minimum Gasteiger partial charge on any atom is -0.466 e. The molecule has 0 fully saturated rings. The molecule has 0 saturated heterocycles. The van der Waals surface area contributed by atoms with Crippen LogP contribution >= 0.6 is 0 Å². The Morgan fingerprint density at radius 2 is 1.63 bits per heavy atom. The largest absolute Gasteiger partial charge is 0.466 e. The fraction of sp³-hybridized carbons (Fsp3) is 0.188. The van der Waals surface area contributed by atoms with Crippen LogP contribution in [-0.2, 0) is 9.53 Å². The van der Waals surface area contributed by atoms with E-state index in [1.54, 1.807) is 6.08 Å². The summed E-state index contributed by atoms with van der Waals surface area (Å²) in [6, 6.07) is 12.2. The number of ether oxygens (including phenoxy) is 1. The van der Waals surface area contributed by atoms with Gasteiger partial charge in [0.2, 0.25) is 0 Å². The topological polar surface area (TPSA) is 31.2 Å². The number of nitrogens with zero attached hydrogens (tertiary/aromatic N) is 1. The maximum Gasteiger partial charge on any atom is 0.330 e. The van der Waals surface area contributed by atoms with E-state index in [1.807, 2.05) is 24.3 Å². The second kappa shape index (κ2) is 5.57. The lowest BCUT2D eigenvalue weighted by atomic mass is 10.2. The van der Waals surface area contributed by atoms with Crippen molar-refractivity contribution < 1.29 is 9.53 Å². The van der Waals surface area contributed by atoms with Gasteiger partial charge in [-0.05, 0) is 49.8 Å². The van der Waals surface area contributed by atoms with Crippen LogP contribution in [-0.4, -0.2) is 17.6 Å². The predicted octanol–water partition coefficient (Wildman–Crippen LogP) is 3.28. The molecule has 2 rings (SSSR count). The SMILES string of the molecule is COC(=O)C=Cc1ccc(-n2c(C)ccc2C)cc1. The predicted molar refractivity (Wildman–Crippen MR) is 76.3 cm³/mol. The molecule has 0 saturated carbocycles. The number of methoxy groups -OCH3 is 1. The van der Waals surface area contributed by atoms with Crippen molar-refractivity contribution in [1.82, 2.24) is 4.57 Å². The van der Waals surface area contributed by atoms with Crippen molar-refractivity contribution in [1.29, 1.82) is 0 Å². The Kier molecular flexibility index (Phi) is 3.85. The molecule has 3 nitrogen and oxygen atoms in total. The zero-order valence-electron chi connectivity index (χ0n) is 11.4. The third-order valence-corrected chi connectivity index (χ3v) is 3.04. The van der Waals surface area contributed by atoms with Crippen LogP contribution in [0.15, 0.2) is 42.5 Å². The molecule has 3 heteroatoms. The van der Waals surface area contributed by atoms with Gasteiger partial charge < -0.3 is 9.30 Å². The van der Waals surface area contributed by atoms with E-state index < -0.39 is 0 Å². The zero-order valence-corrected chi connectivity index (χ0v) is 11.4. The molecule has 19 heavy (non-hydrogen) atoms. The van der Waals surface area contributed by atoms with E-state index in [1.165, 1.54) is 24.6 Å². The first kappa shape index (κ1) is 13.1. The van der Waals surface area contributed by atoms with Crippen LogP contribution in [0, 0.1) is 13.8 Å². The van der Waals surface area contributed by atoms with Gasteiger partial charge in [-0.3, -0.25) is 0 Å². The standard InChI is InChI=1S/C16H17NO2/c1-12-4-5-13(2)17(12)15-9-6-14(7-10-15)8-11-16(18)19-3/h4-11H,1-3H3. The van der Waals surface area contributed by atoms with E-state index in [0.717, 1.165) is 11.3 Å². The quantitative estimate of drug-likeness (QED) is 0.622. The van der Waals surface area contributed by atoms with Crippen LogP contribution < -0.4 is 0 Å². The number of carbonyl (C=O) groups excluding carboxylic acids is 1. The molecule has 1 aromatic carbocycles. The van der Waals surface area contributed by atoms with Crippen LogP contribution in [0.2, 0.25) is 0 Å². The van der Waals surface area contributed by atoms with E-state index in [2.05, 4.69) is 35.3 Å². The summed E-state index contributed by atoms with van der Waals surface area (Å²) in [6.07, 6.45) is 3.16. The van der Waals surface area contributed by atoms with Crippen molar-refractivity contribution in [2.75, 3.05) is 7.11 Å². The van der Waals surface area contributed by atoms with Gasteiger partial charge in [-0.2, -0.15) is 0 Å². The Hall–Kier alpha value is -2.29. The molecule has 1 heterocycles. The number of hydrogen-bond donors (Lipinski definition) is 0. The lowest BCUT2D eigenvalue weighted by Gasteiger charge is -2.09. The average Bonchev–Trinajstić information content (AvgIpc) is 2.76. The van der Waals surface area contributed by atoms with Crippen LogP contribution in [0.5, 0.6) is 0 Å². The van der Waals surface area contributed by atoms with E-state index in [9.17, 15) is 4.79 Å². The van der Waals surface area contributed by atoms with Crippen molar-refractivity contribution in [3.63, 3.8) is 0 Å². The number of rotatable bonds is 3. The van der Waals surface area contributed by atoms with Crippen molar-refractivity contribution in [3.8, 4) is 5.69 Å². The minimum absolute atomic E-state index is 0.346. The maximum absolute atomic E-state index is 11.0. The van der Waals surface area contributed by atoms with Crippen LogP contribution in [0.25, 0.3) is 11.8 Å². The Morgan fingerprint density at radius 1 is 1.05 bits per heavy atom. The molecule has 0 radical (unpaired) electrons. The first-order valence-electron chi connectivity index (χ1n) is 6.13. The second-order valence-corrected chi connectivity index (χ2v) is 4.40. The summed E-state index contributed by atoms with van der Waals surface area (Å²) >= 11 is 0. The van der Waals surface area contributed by atoms with E-state index in [4.69, 9.17) is 0 Å².